The van der Waals surface area contributed by atoms with E-state index in [4.69, 9.17) is 0 Å². The van der Waals surface area contributed by atoms with Gasteiger partial charge in [0.15, 0.2) is 0 Å². The number of rotatable bonds is 0. The molecule has 0 aromatic heterocycles. The largest absolute Gasteiger partial charge is 0.416 e. The number of halogens is 3. The summed E-state index contributed by atoms with van der Waals surface area (Å²) in [4.78, 5) is 11.7. The fourth-order valence-electron chi connectivity index (χ4n) is 1.39. The minimum absolute atomic E-state index is 0.161. The molecule has 0 bridgehead atoms. The molecule has 1 N–H and O–H groups in total. The molecule has 0 aliphatic carbocycles. The third-order valence-electron chi connectivity index (χ3n) is 2.17. The van der Waals surface area contributed by atoms with Crippen molar-refractivity contribution in [1.29, 1.82) is 0 Å². The number of amides is 1. The Labute approximate surface area is 94.2 Å². The molecule has 16 heavy (non-hydrogen) atoms. The Morgan fingerprint density at radius 2 is 2.06 bits per heavy atom. The molecule has 0 fully saturated rings. The van der Waals surface area contributed by atoms with Crippen molar-refractivity contribution in [3.63, 3.8) is 0 Å². The number of anilines is 1. The van der Waals surface area contributed by atoms with Crippen molar-refractivity contribution in [3.05, 3.63) is 23.8 Å². The van der Waals surface area contributed by atoms with E-state index in [0.29, 0.717) is 22.8 Å². The average molecular weight is 247 g/mol. The number of benzene rings is 1. The lowest BCUT2D eigenvalue weighted by Crippen LogP contribution is -2.10. The van der Waals surface area contributed by atoms with Gasteiger partial charge in [0.05, 0.1) is 11.3 Å². The fraction of sp³-hybridized carbons (Fsp3) is 0.300. The maximum absolute atomic E-state index is 12.4. The summed E-state index contributed by atoms with van der Waals surface area (Å²) >= 11 is 1.26. The Bertz CT molecular complexity index is 431. The monoisotopic (exact) mass is 247 g/mol. The molecule has 1 aromatic carbocycles. The van der Waals surface area contributed by atoms with E-state index in [1.807, 2.05) is 0 Å². The summed E-state index contributed by atoms with van der Waals surface area (Å²) in [6.45, 7) is 0. The van der Waals surface area contributed by atoms with Gasteiger partial charge in [0.1, 0.15) is 0 Å². The predicted molar refractivity (Wildman–Crippen MR) is 55.4 cm³/mol. The van der Waals surface area contributed by atoms with Crippen molar-refractivity contribution < 1.29 is 18.0 Å². The van der Waals surface area contributed by atoms with Crippen LogP contribution in [0, 0.1) is 0 Å². The fourth-order valence-corrected chi connectivity index (χ4v) is 2.38. The van der Waals surface area contributed by atoms with E-state index in [2.05, 4.69) is 5.32 Å². The molecule has 1 heterocycles. The Morgan fingerprint density at radius 1 is 1.31 bits per heavy atom. The van der Waals surface area contributed by atoms with E-state index in [0.717, 1.165) is 12.1 Å². The molecule has 2 rings (SSSR count). The van der Waals surface area contributed by atoms with Crippen molar-refractivity contribution in [2.75, 3.05) is 11.1 Å². The standard InChI is InChI=1S/C10H8F3NOS/c11-10(12,13)6-1-2-7-8(5-6)16-4-3-9(15)14-7/h1-2,5H,3-4H2,(H,14,15). The summed E-state index contributed by atoms with van der Waals surface area (Å²) < 4.78 is 37.3. The molecular formula is C10H8F3NOS. The van der Waals surface area contributed by atoms with E-state index in [9.17, 15) is 18.0 Å². The smallest absolute Gasteiger partial charge is 0.325 e. The van der Waals surface area contributed by atoms with Crippen LogP contribution in [0.15, 0.2) is 23.1 Å². The van der Waals surface area contributed by atoms with Crippen LogP contribution in [0.3, 0.4) is 0 Å². The number of hydrogen-bond donors (Lipinski definition) is 1. The number of carbonyl (C=O) groups is 1. The molecule has 1 aliphatic heterocycles. The van der Waals surface area contributed by atoms with Gasteiger partial charge in [-0.3, -0.25) is 4.79 Å². The zero-order valence-corrected chi connectivity index (χ0v) is 8.91. The third kappa shape index (κ3) is 2.32. The van der Waals surface area contributed by atoms with Gasteiger partial charge in [-0.05, 0) is 18.2 Å². The summed E-state index contributed by atoms with van der Waals surface area (Å²) in [5, 5.41) is 2.57. The molecule has 2 nitrogen and oxygen atoms in total. The second kappa shape index (κ2) is 4.01. The number of carbonyl (C=O) groups excluding carboxylic acids is 1. The first-order chi connectivity index (χ1) is 7.47. The Balaban J connectivity index is 2.39. The lowest BCUT2D eigenvalue weighted by atomic mass is 10.2. The Hall–Kier alpha value is -1.17. The molecule has 0 saturated carbocycles. The molecule has 1 amide bonds. The van der Waals surface area contributed by atoms with Crippen molar-refractivity contribution in [1.82, 2.24) is 0 Å². The van der Waals surface area contributed by atoms with Gasteiger partial charge in [-0.2, -0.15) is 13.2 Å². The third-order valence-corrected chi connectivity index (χ3v) is 3.23. The van der Waals surface area contributed by atoms with Gasteiger partial charge >= 0.3 is 6.18 Å². The van der Waals surface area contributed by atoms with Crippen LogP contribution in [0.25, 0.3) is 0 Å². The van der Waals surface area contributed by atoms with Gasteiger partial charge < -0.3 is 5.32 Å². The number of fused-ring (bicyclic) bond motifs is 1. The van der Waals surface area contributed by atoms with Gasteiger partial charge in [-0.25, -0.2) is 0 Å². The average Bonchev–Trinajstić information content (AvgIpc) is 2.35. The second-order valence-corrected chi connectivity index (χ2v) is 4.49. The minimum atomic E-state index is -4.34. The Kier molecular flexibility index (Phi) is 2.84. The van der Waals surface area contributed by atoms with Crippen molar-refractivity contribution >= 4 is 23.4 Å². The van der Waals surface area contributed by atoms with Crippen LogP contribution >= 0.6 is 11.8 Å². The lowest BCUT2D eigenvalue weighted by Gasteiger charge is -2.10. The Morgan fingerprint density at radius 3 is 2.75 bits per heavy atom. The molecule has 0 saturated heterocycles. The van der Waals surface area contributed by atoms with Crippen LogP contribution in [0.1, 0.15) is 12.0 Å². The lowest BCUT2D eigenvalue weighted by molar-refractivity contribution is -0.137. The summed E-state index contributed by atoms with van der Waals surface area (Å²) in [6.07, 6.45) is -4.02. The molecule has 6 heteroatoms. The highest BCUT2D eigenvalue weighted by Gasteiger charge is 2.31. The van der Waals surface area contributed by atoms with Crippen LogP contribution in [0.5, 0.6) is 0 Å². The molecule has 0 unspecified atom stereocenters. The molecule has 86 valence electrons. The first-order valence-electron chi connectivity index (χ1n) is 4.61. The zero-order valence-electron chi connectivity index (χ0n) is 8.10. The summed E-state index contributed by atoms with van der Waals surface area (Å²) in [5.41, 5.74) is -0.226. The first kappa shape index (κ1) is 11.3. The summed E-state index contributed by atoms with van der Waals surface area (Å²) in [5.74, 6) is 0.339. The van der Waals surface area contributed by atoms with Crippen LogP contribution in [0.4, 0.5) is 18.9 Å². The highest BCUT2D eigenvalue weighted by molar-refractivity contribution is 7.99. The van der Waals surface area contributed by atoms with Crippen LogP contribution < -0.4 is 5.32 Å². The maximum Gasteiger partial charge on any atom is 0.416 e. The van der Waals surface area contributed by atoms with Gasteiger partial charge in [-0.15, -0.1) is 11.8 Å². The number of nitrogens with one attached hydrogen (secondary N) is 1. The van der Waals surface area contributed by atoms with Crippen LogP contribution in [-0.4, -0.2) is 11.7 Å². The quantitative estimate of drug-likeness (QED) is 0.763. The van der Waals surface area contributed by atoms with E-state index < -0.39 is 11.7 Å². The molecular weight excluding hydrogens is 239 g/mol. The van der Waals surface area contributed by atoms with Crippen LogP contribution in [-0.2, 0) is 11.0 Å². The van der Waals surface area contributed by atoms with E-state index >= 15 is 0 Å². The second-order valence-electron chi connectivity index (χ2n) is 3.36. The normalized spacial score (nSPS) is 16.3. The number of thioether (sulfide) groups is 1. The van der Waals surface area contributed by atoms with Crippen LogP contribution in [0.2, 0.25) is 0 Å². The van der Waals surface area contributed by atoms with Gasteiger partial charge in [0.25, 0.3) is 0 Å². The topological polar surface area (TPSA) is 29.1 Å². The maximum atomic E-state index is 12.4. The van der Waals surface area contributed by atoms with E-state index in [1.165, 1.54) is 17.8 Å². The van der Waals surface area contributed by atoms with E-state index in [-0.39, 0.29) is 5.91 Å². The molecule has 0 atom stereocenters. The SMILES string of the molecule is O=C1CCSc2cc(C(F)(F)F)ccc2N1. The summed E-state index contributed by atoms with van der Waals surface area (Å²) in [7, 11) is 0. The number of alkyl halides is 3. The van der Waals surface area contributed by atoms with Gasteiger partial charge in [0, 0.05) is 17.1 Å². The molecule has 0 spiro atoms. The predicted octanol–water partition coefficient (Wildman–Crippen LogP) is 3.14. The number of hydrogen-bond acceptors (Lipinski definition) is 2. The zero-order chi connectivity index (χ0) is 11.8. The van der Waals surface area contributed by atoms with Crippen molar-refractivity contribution in [2.45, 2.75) is 17.5 Å². The molecule has 0 radical (unpaired) electrons. The van der Waals surface area contributed by atoms with Crippen molar-refractivity contribution in [3.8, 4) is 0 Å². The minimum Gasteiger partial charge on any atom is -0.325 e. The first-order valence-corrected chi connectivity index (χ1v) is 5.59. The van der Waals surface area contributed by atoms with Crippen molar-refractivity contribution in [2.24, 2.45) is 0 Å². The highest BCUT2D eigenvalue weighted by atomic mass is 32.2. The highest BCUT2D eigenvalue weighted by Crippen LogP contribution is 2.37. The molecule has 1 aliphatic rings. The van der Waals surface area contributed by atoms with E-state index in [1.54, 1.807) is 0 Å². The molecule has 1 aromatic rings. The summed E-state index contributed by atoms with van der Waals surface area (Å²) in [6, 6.07) is 3.35. The van der Waals surface area contributed by atoms with Gasteiger partial charge in [0.2, 0.25) is 5.91 Å². The van der Waals surface area contributed by atoms with Gasteiger partial charge in [-0.1, -0.05) is 0 Å².